The zero-order chi connectivity index (χ0) is 15.0. The Kier molecular flexibility index (Phi) is 3.21. The second kappa shape index (κ2) is 5.05. The molecule has 0 saturated carbocycles. The van der Waals surface area contributed by atoms with E-state index in [1.54, 1.807) is 18.2 Å². The number of carbonyl (C=O) groups is 2. The van der Waals surface area contributed by atoms with E-state index in [1.807, 2.05) is 30.9 Å². The van der Waals surface area contributed by atoms with Gasteiger partial charge >= 0.3 is 0 Å². The molecule has 1 aliphatic heterocycles. The van der Waals surface area contributed by atoms with E-state index in [-0.39, 0.29) is 17.9 Å². The van der Waals surface area contributed by atoms with Crippen molar-refractivity contribution in [3.05, 3.63) is 47.3 Å². The van der Waals surface area contributed by atoms with Gasteiger partial charge in [0.05, 0.1) is 23.4 Å². The van der Waals surface area contributed by atoms with Gasteiger partial charge in [-0.05, 0) is 32.0 Å². The second-order valence-electron chi connectivity index (χ2n) is 5.04. The van der Waals surface area contributed by atoms with Crippen molar-refractivity contribution in [1.29, 1.82) is 0 Å². The van der Waals surface area contributed by atoms with Crippen LogP contribution in [0.4, 0.5) is 5.69 Å². The molecule has 21 heavy (non-hydrogen) atoms. The number of nitrogens with one attached hydrogen (secondary N) is 2. The fourth-order valence-electron chi connectivity index (χ4n) is 2.37. The number of amides is 2. The van der Waals surface area contributed by atoms with Crippen LogP contribution in [0.15, 0.2) is 30.6 Å². The first kappa shape index (κ1) is 13.4. The number of anilines is 1. The van der Waals surface area contributed by atoms with Crippen LogP contribution in [-0.2, 0) is 6.54 Å². The van der Waals surface area contributed by atoms with Crippen LogP contribution in [0.3, 0.4) is 0 Å². The van der Waals surface area contributed by atoms with Crippen molar-refractivity contribution in [2.24, 2.45) is 0 Å². The molecule has 1 unspecified atom stereocenters. The largest absolute Gasteiger partial charge is 0.378 e. The molecule has 0 radical (unpaired) electrons. The number of benzene rings is 1. The molecule has 1 atom stereocenters. The monoisotopic (exact) mass is 284 g/mol. The molecular formula is C15H16N4O2. The number of hydrogen-bond donors (Lipinski definition) is 2. The van der Waals surface area contributed by atoms with Gasteiger partial charge in [-0.15, -0.1) is 0 Å². The molecule has 3 rings (SSSR count). The van der Waals surface area contributed by atoms with E-state index in [2.05, 4.69) is 15.7 Å². The van der Waals surface area contributed by atoms with Gasteiger partial charge in [-0.25, -0.2) is 0 Å². The molecule has 0 saturated heterocycles. The van der Waals surface area contributed by atoms with Crippen LogP contribution in [0.2, 0.25) is 0 Å². The van der Waals surface area contributed by atoms with Crippen molar-refractivity contribution in [2.75, 3.05) is 5.32 Å². The maximum absolute atomic E-state index is 11.7. The highest BCUT2D eigenvalue weighted by molar-refractivity contribution is 6.21. The molecule has 1 aromatic heterocycles. The van der Waals surface area contributed by atoms with Crippen LogP contribution in [0, 0.1) is 0 Å². The molecular weight excluding hydrogens is 268 g/mol. The minimum absolute atomic E-state index is 0.0588. The molecule has 0 aliphatic carbocycles. The number of fused-ring (bicyclic) bond motifs is 1. The first-order valence-corrected chi connectivity index (χ1v) is 6.87. The lowest BCUT2D eigenvalue weighted by Crippen LogP contribution is -2.19. The van der Waals surface area contributed by atoms with E-state index in [0.717, 1.165) is 17.8 Å². The van der Waals surface area contributed by atoms with Gasteiger partial charge in [-0.3, -0.25) is 19.6 Å². The van der Waals surface area contributed by atoms with Crippen LogP contribution in [0.1, 0.15) is 46.2 Å². The third-order valence-electron chi connectivity index (χ3n) is 3.60. The summed E-state index contributed by atoms with van der Waals surface area (Å²) in [5.74, 6) is -0.677. The number of aryl methyl sites for hydroxylation is 1. The van der Waals surface area contributed by atoms with E-state index in [1.165, 1.54) is 0 Å². The minimum atomic E-state index is -0.342. The number of imide groups is 1. The zero-order valence-corrected chi connectivity index (χ0v) is 11.9. The summed E-state index contributed by atoms with van der Waals surface area (Å²) >= 11 is 0. The Hall–Kier alpha value is -2.63. The summed E-state index contributed by atoms with van der Waals surface area (Å²) in [6.07, 6.45) is 3.81. The van der Waals surface area contributed by atoms with Gasteiger partial charge in [-0.1, -0.05) is 0 Å². The Morgan fingerprint density at radius 2 is 2.05 bits per heavy atom. The molecule has 2 N–H and O–H groups in total. The van der Waals surface area contributed by atoms with Gasteiger partial charge in [0.15, 0.2) is 0 Å². The molecule has 2 heterocycles. The maximum atomic E-state index is 11.7. The Labute approximate surface area is 122 Å². The topological polar surface area (TPSA) is 76.0 Å². The molecule has 1 aromatic carbocycles. The van der Waals surface area contributed by atoms with Crippen molar-refractivity contribution in [3.63, 3.8) is 0 Å². The van der Waals surface area contributed by atoms with Crippen LogP contribution in [0.5, 0.6) is 0 Å². The van der Waals surface area contributed by atoms with E-state index in [0.29, 0.717) is 11.1 Å². The number of aromatic nitrogens is 2. The van der Waals surface area contributed by atoms with Crippen LogP contribution < -0.4 is 10.6 Å². The highest BCUT2D eigenvalue weighted by Gasteiger charge is 2.26. The van der Waals surface area contributed by atoms with Crippen LogP contribution >= 0.6 is 0 Å². The smallest absolute Gasteiger partial charge is 0.259 e. The van der Waals surface area contributed by atoms with Gasteiger partial charge in [0.2, 0.25) is 0 Å². The number of nitrogens with zero attached hydrogens (tertiary/aromatic N) is 2. The molecule has 2 aromatic rings. The summed E-state index contributed by atoms with van der Waals surface area (Å²) in [6.45, 7) is 4.88. The first-order valence-electron chi connectivity index (χ1n) is 6.87. The fourth-order valence-corrected chi connectivity index (χ4v) is 2.37. The van der Waals surface area contributed by atoms with E-state index in [4.69, 9.17) is 0 Å². The van der Waals surface area contributed by atoms with E-state index < -0.39 is 0 Å². The number of hydrogen-bond acceptors (Lipinski definition) is 4. The summed E-state index contributed by atoms with van der Waals surface area (Å²) < 4.78 is 1.86. The lowest BCUT2D eigenvalue weighted by atomic mass is 10.1. The average molecular weight is 284 g/mol. The second-order valence-corrected chi connectivity index (χ2v) is 5.04. The van der Waals surface area contributed by atoms with Crippen molar-refractivity contribution in [2.45, 2.75) is 26.4 Å². The Morgan fingerprint density at radius 1 is 1.29 bits per heavy atom. The third kappa shape index (κ3) is 2.40. The Balaban J connectivity index is 1.81. The molecule has 0 fully saturated rings. The Bertz CT molecular complexity index is 720. The van der Waals surface area contributed by atoms with Crippen molar-refractivity contribution in [3.8, 4) is 0 Å². The highest BCUT2D eigenvalue weighted by atomic mass is 16.2. The van der Waals surface area contributed by atoms with Gasteiger partial charge in [0, 0.05) is 24.0 Å². The quantitative estimate of drug-likeness (QED) is 0.841. The van der Waals surface area contributed by atoms with Gasteiger partial charge in [-0.2, -0.15) is 5.10 Å². The standard InChI is InChI=1S/C15H16N4O2/c1-3-19-8-10(7-16-19)9(2)17-11-4-5-12-13(6-11)15(21)18-14(12)20/h4-9,17H,3H2,1-2H3,(H,18,20,21). The fraction of sp³-hybridized carbons (Fsp3) is 0.267. The molecule has 6 heteroatoms. The molecule has 0 spiro atoms. The predicted molar refractivity (Wildman–Crippen MR) is 78.2 cm³/mol. The minimum Gasteiger partial charge on any atom is -0.378 e. The lowest BCUT2D eigenvalue weighted by molar-refractivity contribution is 0.0879. The van der Waals surface area contributed by atoms with Crippen LogP contribution in [0.25, 0.3) is 0 Å². The SMILES string of the molecule is CCn1cc(C(C)Nc2ccc3c(c2)C(=O)NC3=O)cn1. The van der Waals surface area contributed by atoms with Crippen molar-refractivity contribution >= 4 is 17.5 Å². The molecule has 0 bridgehead atoms. The van der Waals surface area contributed by atoms with Crippen molar-refractivity contribution in [1.82, 2.24) is 15.1 Å². The molecule has 108 valence electrons. The molecule has 6 nitrogen and oxygen atoms in total. The number of rotatable bonds is 4. The summed E-state index contributed by atoms with van der Waals surface area (Å²) in [6, 6.07) is 5.23. The van der Waals surface area contributed by atoms with Crippen molar-refractivity contribution < 1.29 is 9.59 Å². The molecule has 2 amide bonds. The summed E-state index contributed by atoms with van der Waals surface area (Å²) in [5, 5.41) is 9.85. The van der Waals surface area contributed by atoms with E-state index in [9.17, 15) is 9.59 Å². The van der Waals surface area contributed by atoms with Gasteiger partial charge in [0.1, 0.15) is 0 Å². The van der Waals surface area contributed by atoms with Crippen LogP contribution in [-0.4, -0.2) is 21.6 Å². The highest BCUT2D eigenvalue weighted by Crippen LogP contribution is 2.24. The normalized spacial score (nSPS) is 14.8. The zero-order valence-electron chi connectivity index (χ0n) is 11.9. The predicted octanol–water partition coefficient (Wildman–Crippen LogP) is 1.96. The number of carbonyl (C=O) groups excluding carboxylic acids is 2. The Morgan fingerprint density at radius 3 is 2.76 bits per heavy atom. The summed E-state index contributed by atoms with van der Waals surface area (Å²) in [4.78, 5) is 23.2. The average Bonchev–Trinajstić information content (AvgIpc) is 3.05. The summed E-state index contributed by atoms with van der Waals surface area (Å²) in [7, 11) is 0. The maximum Gasteiger partial charge on any atom is 0.259 e. The van der Waals surface area contributed by atoms with Gasteiger partial charge in [0.25, 0.3) is 11.8 Å². The van der Waals surface area contributed by atoms with Gasteiger partial charge < -0.3 is 5.32 Å². The third-order valence-corrected chi connectivity index (χ3v) is 3.60. The van der Waals surface area contributed by atoms with E-state index >= 15 is 0 Å². The lowest BCUT2D eigenvalue weighted by Gasteiger charge is -2.14. The first-order chi connectivity index (χ1) is 10.1. The molecule has 1 aliphatic rings. The summed E-state index contributed by atoms with van der Waals surface area (Å²) in [5.41, 5.74) is 2.71.